The van der Waals surface area contributed by atoms with Crippen LogP contribution in [0.15, 0.2) is 73.1 Å². The van der Waals surface area contributed by atoms with E-state index in [4.69, 9.17) is 20.4 Å². The predicted octanol–water partition coefficient (Wildman–Crippen LogP) is 5.68. The van der Waals surface area contributed by atoms with Gasteiger partial charge in [0, 0.05) is 29.7 Å². The molecule has 8 nitrogen and oxygen atoms in total. The van der Waals surface area contributed by atoms with Crippen LogP contribution in [0.25, 0.3) is 39.5 Å². The van der Waals surface area contributed by atoms with Crippen molar-refractivity contribution in [3.63, 3.8) is 0 Å². The predicted molar refractivity (Wildman–Crippen MR) is 145 cm³/mol. The van der Waals surface area contributed by atoms with Gasteiger partial charge in [-0.25, -0.2) is 19.9 Å². The van der Waals surface area contributed by atoms with Gasteiger partial charge in [0.2, 0.25) is 5.88 Å². The molecule has 36 heavy (non-hydrogen) atoms. The number of aliphatic hydroxyl groups excluding tert-OH is 1. The Morgan fingerprint density at radius 3 is 2.25 bits per heavy atom. The number of benzene rings is 1. The molecule has 4 heterocycles. The number of rotatable bonds is 5. The van der Waals surface area contributed by atoms with Crippen LogP contribution in [0.5, 0.6) is 5.88 Å². The molecule has 5 rings (SSSR count). The van der Waals surface area contributed by atoms with Gasteiger partial charge in [-0.1, -0.05) is 39.8 Å². The number of methoxy groups -OCH3 is 1. The van der Waals surface area contributed by atoms with Crippen molar-refractivity contribution in [2.24, 2.45) is 0 Å². The maximum atomic E-state index is 9.43. The highest BCUT2D eigenvalue weighted by Crippen LogP contribution is 2.31. The normalized spacial score (nSPS) is 10.2. The SMILES string of the molecule is CC.CC.COc1ccc(-c2ccc3nc(-c4cccnc4N)n(-c4ccc(CO)cc4)c3n2)cn1. The number of aliphatic hydroxyl groups is 1. The van der Waals surface area contributed by atoms with Crippen molar-refractivity contribution in [1.82, 2.24) is 24.5 Å². The van der Waals surface area contributed by atoms with Crippen LogP contribution in [0.2, 0.25) is 0 Å². The molecule has 186 valence electrons. The molecule has 1 aromatic carbocycles. The van der Waals surface area contributed by atoms with Crippen LogP contribution in [0.4, 0.5) is 5.82 Å². The van der Waals surface area contributed by atoms with Gasteiger partial charge in [-0.15, -0.1) is 0 Å². The molecule has 0 fully saturated rings. The lowest BCUT2D eigenvalue weighted by atomic mass is 10.2. The van der Waals surface area contributed by atoms with Gasteiger partial charge >= 0.3 is 0 Å². The first-order valence-electron chi connectivity index (χ1n) is 12.0. The molecule has 0 saturated heterocycles. The standard InChI is InChI=1S/C24H20N6O2.2C2H6/c1-32-21-11-6-16(13-27-21)19-9-10-20-24(28-19)30(17-7-4-15(14-31)5-8-17)23(29-20)18-3-2-12-26-22(18)25;2*1-2/h2-13,31H,14H2,1H3,(H2,25,26);2*1-2H3. The highest BCUT2D eigenvalue weighted by molar-refractivity contribution is 5.84. The molecule has 5 aromatic rings. The minimum atomic E-state index is -0.0275. The third-order valence-corrected chi connectivity index (χ3v) is 5.20. The maximum absolute atomic E-state index is 9.43. The number of nitrogens with two attached hydrogens (primary N) is 1. The van der Waals surface area contributed by atoms with E-state index in [1.54, 1.807) is 25.6 Å². The number of imidazole rings is 1. The molecular weight excluding hydrogens is 452 g/mol. The fourth-order valence-corrected chi connectivity index (χ4v) is 3.55. The number of hydrogen-bond acceptors (Lipinski definition) is 7. The molecule has 0 aliphatic rings. The van der Waals surface area contributed by atoms with E-state index in [2.05, 4.69) is 9.97 Å². The summed E-state index contributed by atoms with van der Waals surface area (Å²) in [5.74, 6) is 1.56. The van der Waals surface area contributed by atoms with E-state index in [9.17, 15) is 5.11 Å². The molecule has 0 aliphatic heterocycles. The molecule has 0 radical (unpaired) electrons. The van der Waals surface area contributed by atoms with Crippen molar-refractivity contribution in [2.75, 3.05) is 12.8 Å². The first-order valence-corrected chi connectivity index (χ1v) is 12.0. The minimum Gasteiger partial charge on any atom is -0.481 e. The van der Waals surface area contributed by atoms with E-state index in [1.165, 1.54) is 0 Å². The number of anilines is 1. The molecule has 0 spiro atoms. The number of nitrogen functional groups attached to an aromatic ring is 1. The molecule has 0 amide bonds. The highest BCUT2D eigenvalue weighted by Gasteiger charge is 2.18. The largest absolute Gasteiger partial charge is 0.481 e. The number of nitrogens with zero attached hydrogens (tertiary/aromatic N) is 5. The first-order chi connectivity index (χ1) is 17.7. The van der Waals surface area contributed by atoms with E-state index in [-0.39, 0.29) is 6.61 Å². The van der Waals surface area contributed by atoms with Gasteiger partial charge in [0.15, 0.2) is 11.5 Å². The van der Waals surface area contributed by atoms with E-state index in [1.807, 2.05) is 86.9 Å². The number of hydrogen-bond donors (Lipinski definition) is 2. The fraction of sp³-hybridized carbons (Fsp3) is 0.214. The van der Waals surface area contributed by atoms with Gasteiger partial charge in [0.1, 0.15) is 11.3 Å². The zero-order valence-corrected chi connectivity index (χ0v) is 21.3. The lowest BCUT2D eigenvalue weighted by Crippen LogP contribution is -2.02. The second kappa shape index (κ2) is 12.4. The van der Waals surface area contributed by atoms with Gasteiger partial charge in [0.25, 0.3) is 0 Å². The Kier molecular flexibility index (Phi) is 9.07. The van der Waals surface area contributed by atoms with Crippen molar-refractivity contribution in [3.05, 3.63) is 78.6 Å². The summed E-state index contributed by atoms with van der Waals surface area (Å²) in [6.07, 6.45) is 3.37. The summed E-state index contributed by atoms with van der Waals surface area (Å²) in [5.41, 5.74) is 11.6. The van der Waals surface area contributed by atoms with Crippen molar-refractivity contribution in [2.45, 2.75) is 34.3 Å². The molecule has 0 atom stereocenters. The van der Waals surface area contributed by atoms with Gasteiger partial charge in [-0.2, -0.15) is 0 Å². The van der Waals surface area contributed by atoms with Gasteiger partial charge in [-0.3, -0.25) is 4.57 Å². The van der Waals surface area contributed by atoms with Crippen molar-refractivity contribution >= 4 is 17.0 Å². The Morgan fingerprint density at radius 2 is 1.64 bits per heavy atom. The van der Waals surface area contributed by atoms with E-state index >= 15 is 0 Å². The van der Waals surface area contributed by atoms with Crippen LogP contribution < -0.4 is 10.5 Å². The van der Waals surface area contributed by atoms with Gasteiger partial charge in [0.05, 0.1) is 25.0 Å². The number of aromatic nitrogens is 5. The van der Waals surface area contributed by atoms with E-state index in [0.717, 1.165) is 28.0 Å². The summed E-state index contributed by atoms with van der Waals surface area (Å²) in [5, 5.41) is 9.43. The summed E-state index contributed by atoms with van der Waals surface area (Å²) < 4.78 is 7.10. The van der Waals surface area contributed by atoms with Crippen LogP contribution in [0, 0.1) is 0 Å². The van der Waals surface area contributed by atoms with Crippen molar-refractivity contribution in [1.29, 1.82) is 0 Å². The summed E-state index contributed by atoms with van der Waals surface area (Å²) in [4.78, 5) is 18.2. The summed E-state index contributed by atoms with van der Waals surface area (Å²) in [6, 6.07) is 18.8. The Labute approximate surface area is 211 Å². The van der Waals surface area contributed by atoms with Gasteiger partial charge < -0.3 is 15.6 Å². The molecule has 3 N–H and O–H groups in total. The Hall–Kier alpha value is -4.30. The number of ether oxygens (including phenoxy) is 1. The zero-order valence-electron chi connectivity index (χ0n) is 21.3. The van der Waals surface area contributed by atoms with Crippen LogP contribution in [0.3, 0.4) is 0 Å². The first kappa shape index (κ1) is 26.3. The third kappa shape index (κ3) is 5.34. The van der Waals surface area contributed by atoms with Crippen LogP contribution in [-0.4, -0.2) is 36.7 Å². The molecule has 0 unspecified atom stereocenters. The monoisotopic (exact) mass is 484 g/mol. The van der Waals surface area contributed by atoms with E-state index in [0.29, 0.717) is 28.7 Å². The maximum Gasteiger partial charge on any atom is 0.212 e. The number of pyridine rings is 3. The number of fused-ring (bicyclic) bond motifs is 1. The average Bonchev–Trinajstić information content (AvgIpc) is 3.34. The zero-order chi connectivity index (χ0) is 26.1. The Bertz CT molecular complexity index is 1400. The lowest BCUT2D eigenvalue weighted by Gasteiger charge is -2.11. The second-order valence-corrected chi connectivity index (χ2v) is 7.16. The molecule has 0 bridgehead atoms. The summed E-state index contributed by atoms with van der Waals surface area (Å²) in [6.45, 7) is 7.97. The summed E-state index contributed by atoms with van der Waals surface area (Å²) in [7, 11) is 1.58. The Morgan fingerprint density at radius 1 is 0.889 bits per heavy atom. The molecular formula is C28H32N6O2. The van der Waals surface area contributed by atoms with Crippen LogP contribution >= 0.6 is 0 Å². The summed E-state index contributed by atoms with van der Waals surface area (Å²) >= 11 is 0. The van der Waals surface area contributed by atoms with Crippen LogP contribution in [-0.2, 0) is 6.61 Å². The molecule has 8 heteroatoms. The average molecular weight is 485 g/mol. The van der Waals surface area contributed by atoms with Crippen molar-refractivity contribution < 1.29 is 9.84 Å². The molecule has 4 aromatic heterocycles. The fourth-order valence-electron chi connectivity index (χ4n) is 3.55. The van der Waals surface area contributed by atoms with Crippen molar-refractivity contribution in [3.8, 4) is 34.2 Å². The topological polar surface area (TPSA) is 112 Å². The second-order valence-electron chi connectivity index (χ2n) is 7.16. The quantitative estimate of drug-likeness (QED) is 0.330. The minimum absolute atomic E-state index is 0.0275. The highest BCUT2D eigenvalue weighted by atomic mass is 16.5. The van der Waals surface area contributed by atoms with E-state index < -0.39 is 0 Å². The van der Waals surface area contributed by atoms with Gasteiger partial charge in [-0.05, 0) is 48.0 Å². The molecule has 0 aliphatic carbocycles. The lowest BCUT2D eigenvalue weighted by molar-refractivity contribution is 0.282. The smallest absolute Gasteiger partial charge is 0.212 e. The van der Waals surface area contributed by atoms with Crippen LogP contribution in [0.1, 0.15) is 33.3 Å². The third-order valence-electron chi connectivity index (χ3n) is 5.20. The molecule has 0 saturated carbocycles. The Balaban J connectivity index is 0.000000861.